The second-order valence-corrected chi connectivity index (χ2v) is 6.12. The molecule has 0 spiro atoms. The van der Waals surface area contributed by atoms with E-state index in [1.807, 2.05) is 36.7 Å². The number of rotatable bonds is 5. The van der Waals surface area contributed by atoms with Gasteiger partial charge in [-0.1, -0.05) is 0 Å². The molecule has 128 valence electrons. The van der Waals surface area contributed by atoms with Gasteiger partial charge in [0.1, 0.15) is 12.4 Å². The van der Waals surface area contributed by atoms with Crippen LogP contribution in [0.15, 0.2) is 55.2 Å². The van der Waals surface area contributed by atoms with Crippen molar-refractivity contribution in [2.45, 2.75) is 18.6 Å². The molecule has 6 heteroatoms. The third-order valence-electron chi connectivity index (χ3n) is 4.62. The van der Waals surface area contributed by atoms with E-state index in [0.717, 1.165) is 35.3 Å². The predicted octanol–water partition coefficient (Wildman–Crippen LogP) is 2.70. The Morgan fingerprint density at radius 1 is 1.12 bits per heavy atom. The Hall–Kier alpha value is -2.73. The van der Waals surface area contributed by atoms with Crippen LogP contribution in [0.3, 0.4) is 0 Å². The second kappa shape index (κ2) is 7.03. The standard InChI is InChI=1S/C19H20N4O2/c1-24-16-9-14(13-25-15-3-2-6-20-10-15)23(12-16)19-5-8-22-18-4-7-21-11-17(18)19/h2-8,10-11,14,16H,9,12-13H2,1H3/t14-,16+/m0/s1. The maximum atomic E-state index is 5.96. The fourth-order valence-corrected chi connectivity index (χ4v) is 3.35. The minimum atomic E-state index is 0.183. The number of hydrogen-bond donors (Lipinski definition) is 0. The van der Waals surface area contributed by atoms with Crippen LogP contribution in [0.1, 0.15) is 6.42 Å². The van der Waals surface area contributed by atoms with Crippen LogP contribution in [0.2, 0.25) is 0 Å². The molecule has 3 aromatic heterocycles. The normalized spacial score (nSPS) is 20.1. The molecular formula is C19H20N4O2. The Balaban J connectivity index is 1.61. The van der Waals surface area contributed by atoms with Crippen LogP contribution in [0.25, 0.3) is 10.9 Å². The lowest BCUT2D eigenvalue weighted by Crippen LogP contribution is -2.34. The molecule has 0 unspecified atom stereocenters. The molecule has 1 saturated heterocycles. The average Bonchev–Trinajstić information content (AvgIpc) is 3.10. The maximum Gasteiger partial charge on any atom is 0.137 e. The third kappa shape index (κ3) is 3.25. The van der Waals surface area contributed by atoms with Crippen molar-refractivity contribution in [1.29, 1.82) is 0 Å². The number of nitrogens with zero attached hydrogens (tertiary/aromatic N) is 4. The van der Waals surface area contributed by atoms with Gasteiger partial charge in [0, 0.05) is 49.5 Å². The van der Waals surface area contributed by atoms with Crippen LogP contribution in [-0.4, -0.2) is 47.4 Å². The lowest BCUT2D eigenvalue weighted by Gasteiger charge is -2.27. The highest BCUT2D eigenvalue weighted by atomic mass is 16.5. The molecule has 6 nitrogen and oxygen atoms in total. The average molecular weight is 336 g/mol. The van der Waals surface area contributed by atoms with Gasteiger partial charge in [0.15, 0.2) is 0 Å². The van der Waals surface area contributed by atoms with E-state index < -0.39 is 0 Å². The molecule has 2 atom stereocenters. The van der Waals surface area contributed by atoms with Gasteiger partial charge in [-0.25, -0.2) is 0 Å². The number of aromatic nitrogens is 3. The van der Waals surface area contributed by atoms with E-state index in [0.29, 0.717) is 6.61 Å². The zero-order valence-electron chi connectivity index (χ0n) is 14.1. The van der Waals surface area contributed by atoms with Crippen LogP contribution in [0, 0.1) is 0 Å². The minimum Gasteiger partial charge on any atom is -0.490 e. The fourth-order valence-electron chi connectivity index (χ4n) is 3.35. The molecule has 0 amide bonds. The maximum absolute atomic E-state index is 5.96. The molecule has 25 heavy (non-hydrogen) atoms. The lowest BCUT2D eigenvalue weighted by molar-refractivity contribution is 0.115. The van der Waals surface area contributed by atoms with E-state index in [4.69, 9.17) is 9.47 Å². The lowest BCUT2D eigenvalue weighted by atomic mass is 10.2. The Kier molecular flexibility index (Phi) is 4.43. The topological polar surface area (TPSA) is 60.4 Å². The fraction of sp³-hybridized carbons (Fsp3) is 0.316. The quantitative estimate of drug-likeness (QED) is 0.714. The molecule has 0 bridgehead atoms. The minimum absolute atomic E-state index is 0.183. The van der Waals surface area contributed by atoms with Crippen molar-refractivity contribution in [2.75, 3.05) is 25.2 Å². The van der Waals surface area contributed by atoms with Gasteiger partial charge < -0.3 is 14.4 Å². The number of anilines is 1. The Morgan fingerprint density at radius 2 is 2.04 bits per heavy atom. The third-order valence-corrected chi connectivity index (χ3v) is 4.62. The van der Waals surface area contributed by atoms with Crippen LogP contribution >= 0.6 is 0 Å². The van der Waals surface area contributed by atoms with Crippen LogP contribution < -0.4 is 9.64 Å². The van der Waals surface area contributed by atoms with Crippen molar-refractivity contribution in [3.8, 4) is 5.75 Å². The van der Waals surface area contributed by atoms with Crippen molar-refractivity contribution in [1.82, 2.24) is 15.0 Å². The van der Waals surface area contributed by atoms with Gasteiger partial charge in [-0.15, -0.1) is 0 Å². The summed E-state index contributed by atoms with van der Waals surface area (Å²) in [5.41, 5.74) is 2.07. The summed E-state index contributed by atoms with van der Waals surface area (Å²) in [4.78, 5) is 15.1. The molecule has 0 aliphatic carbocycles. The molecule has 0 radical (unpaired) electrons. The van der Waals surface area contributed by atoms with Crippen molar-refractivity contribution >= 4 is 16.6 Å². The predicted molar refractivity (Wildman–Crippen MR) is 95.8 cm³/mol. The summed E-state index contributed by atoms with van der Waals surface area (Å²) in [6.45, 7) is 1.40. The van der Waals surface area contributed by atoms with E-state index in [1.165, 1.54) is 0 Å². The number of hydrogen-bond acceptors (Lipinski definition) is 6. The van der Waals surface area contributed by atoms with Crippen molar-refractivity contribution in [3.05, 3.63) is 55.2 Å². The second-order valence-electron chi connectivity index (χ2n) is 6.12. The van der Waals surface area contributed by atoms with Gasteiger partial charge in [0.25, 0.3) is 0 Å². The monoisotopic (exact) mass is 336 g/mol. The van der Waals surface area contributed by atoms with E-state index in [9.17, 15) is 0 Å². The first kappa shape index (κ1) is 15.8. The number of pyridine rings is 3. The zero-order chi connectivity index (χ0) is 17.1. The van der Waals surface area contributed by atoms with Crippen molar-refractivity contribution < 1.29 is 9.47 Å². The summed E-state index contributed by atoms with van der Waals surface area (Å²) in [7, 11) is 1.76. The van der Waals surface area contributed by atoms with Gasteiger partial charge in [0.2, 0.25) is 0 Å². The van der Waals surface area contributed by atoms with Gasteiger partial charge >= 0.3 is 0 Å². The number of methoxy groups -OCH3 is 1. The van der Waals surface area contributed by atoms with Gasteiger partial charge in [-0.2, -0.15) is 0 Å². The smallest absolute Gasteiger partial charge is 0.137 e. The molecule has 1 fully saturated rings. The molecule has 1 aliphatic heterocycles. The molecule has 0 N–H and O–H groups in total. The number of fused-ring (bicyclic) bond motifs is 1. The summed E-state index contributed by atoms with van der Waals surface area (Å²) >= 11 is 0. The Labute approximate surface area is 146 Å². The molecular weight excluding hydrogens is 316 g/mol. The van der Waals surface area contributed by atoms with Crippen LogP contribution in [0.5, 0.6) is 5.75 Å². The molecule has 3 aromatic rings. The highest BCUT2D eigenvalue weighted by Gasteiger charge is 2.33. The summed E-state index contributed by atoms with van der Waals surface area (Å²) in [5.74, 6) is 0.782. The van der Waals surface area contributed by atoms with Gasteiger partial charge in [-0.05, 0) is 30.7 Å². The summed E-state index contributed by atoms with van der Waals surface area (Å²) in [6, 6.07) is 7.99. The van der Waals surface area contributed by atoms with E-state index in [1.54, 1.807) is 25.7 Å². The molecule has 4 rings (SSSR count). The summed E-state index contributed by atoms with van der Waals surface area (Å²) in [6.07, 6.45) is 10.1. The first-order valence-corrected chi connectivity index (χ1v) is 8.36. The first-order chi connectivity index (χ1) is 12.3. The first-order valence-electron chi connectivity index (χ1n) is 8.36. The summed E-state index contributed by atoms with van der Waals surface area (Å²) < 4.78 is 11.6. The molecule has 4 heterocycles. The Bertz CT molecular complexity index is 838. The van der Waals surface area contributed by atoms with Crippen LogP contribution in [-0.2, 0) is 4.74 Å². The highest BCUT2D eigenvalue weighted by Crippen LogP contribution is 2.32. The molecule has 0 aromatic carbocycles. The van der Waals surface area contributed by atoms with Crippen molar-refractivity contribution in [3.63, 3.8) is 0 Å². The Morgan fingerprint density at radius 3 is 2.88 bits per heavy atom. The van der Waals surface area contributed by atoms with E-state index in [-0.39, 0.29) is 12.1 Å². The zero-order valence-corrected chi connectivity index (χ0v) is 14.1. The van der Waals surface area contributed by atoms with Crippen LogP contribution in [0.4, 0.5) is 5.69 Å². The largest absolute Gasteiger partial charge is 0.490 e. The van der Waals surface area contributed by atoms with E-state index >= 15 is 0 Å². The highest BCUT2D eigenvalue weighted by molar-refractivity contribution is 5.91. The number of ether oxygens (including phenoxy) is 2. The van der Waals surface area contributed by atoms with Gasteiger partial charge in [-0.3, -0.25) is 15.0 Å². The molecule has 1 aliphatic rings. The molecule has 0 saturated carbocycles. The van der Waals surface area contributed by atoms with Crippen molar-refractivity contribution in [2.24, 2.45) is 0 Å². The summed E-state index contributed by atoms with van der Waals surface area (Å²) in [5, 5.41) is 1.05. The van der Waals surface area contributed by atoms with E-state index in [2.05, 4.69) is 19.9 Å². The SMILES string of the molecule is CO[C@@H]1C[C@@H](COc2cccnc2)N(c2ccnc3ccncc23)C1. The van der Waals surface area contributed by atoms with Gasteiger partial charge in [0.05, 0.1) is 23.9 Å².